The van der Waals surface area contributed by atoms with Gasteiger partial charge in [0, 0.05) is 30.7 Å². The summed E-state index contributed by atoms with van der Waals surface area (Å²) in [5.41, 5.74) is 6.07. The number of rotatable bonds is 10. The van der Waals surface area contributed by atoms with Crippen LogP contribution in [-0.4, -0.2) is 26.7 Å². The van der Waals surface area contributed by atoms with Gasteiger partial charge < -0.3 is 13.9 Å². The van der Waals surface area contributed by atoms with Gasteiger partial charge in [-0.2, -0.15) is 0 Å². The highest BCUT2D eigenvalue weighted by Gasteiger charge is 2.38. The van der Waals surface area contributed by atoms with E-state index in [-0.39, 0.29) is 5.97 Å². The molecule has 5 nitrogen and oxygen atoms in total. The van der Waals surface area contributed by atoms with Crippen molar-refractivity contribution in [1.82, 2.24) is 14.1 Å². The number of allylic oxidation sites excluding steroid dienone is 1. The molecule has 0 fully saturated rings. The fourth-order valence-electron chi connectivity index (χ4n) is 6.55. The molecule has 0 saturated carbocycles. The SMILES string of the molecule is CCOC(=O)c1cn(C/C=C/c2cn(C(c3ccccc3)(c3ccccc3)c3ccccc3)cn2)cc1-c1cccc2ccccc12. The lowest BCUT2D eigenvalue weighted by Crippen LogP contribution is -2.36. The molecule has 0 N–H and O–H groups in total. The predicted octanol–water partition coefficient (Wildman–Crippen LogP) is 9.24. The van der Waals surface area contributed by atoms with Crippen molar-refractivity contribution in [1.29, 1.82) is 0 Å². The fourth-order valence-corrected chi connectivity index (χ4v) is 6.55. The van der Waals surface area contributed by atoms with Crippen LogP contribution in [-0.2, 0) is 16.8 Å². The van der Waals surface area contributed by atoms with E-state index in [1.54, 1.807) is 0 Å². The number of nitrogens with zero attached hydrogens (tertiary/aromatic N) is 3. The second kappa shape index (κ2) is 13.2. The minimum atomic E-state index is -0.620. The van der Waals surface area contributed by atoms with E-state index < -0.39 is 5.54 Å². The fraction of sp³-hybridized carbons (Fsp3) is 0.0952. The van der Waals surface area contributed by atoms with E-state index in [0.29, 0.717) is 18.7 Å². The Morgan fingerprint density at radius 3 is 1.94 bits per heavy atom. The van der Waals surface area contributed by atoms with Gasteiger partial charge in [0.05, 0.1) is 24.2 Å². The Labute approximate surface area is 275 Å². The van der Waals surface area contributed by atoms with Crippen molar-refractivity contribution in [3.05, 3.63) is 192 Å². The molecule has 0 atom stereocenters. The summed E-state index contributed by atoms with van der Waals surface area (Å²) in [6, 6.07) is 46.1. The summed E-state index contributed by atoms with van der Waals surface area (Å²) >= 11 is 0. The molecule has 2 aromatic heterocycles. The third-order valence-corrected chi connectivity index (χ3v) is 8.62. The van der Waals surface area contributed by atoms with Crippen molar-refractivity contribution in [2.45, 2.75) is 19.0 Å². The number of aromatic nitrogens is 3. The maximum Gasteiger partial charge on any atom is 0.340 e. The zero-order valence-electron chi connectivity index (χ0n) is 26.2. The van der Waals surface area contributed by atoms with Gasteiger partial charge >= 0.3 is 5.97 Å². The normalized spacial score (nSPS) is 11.7. The number of carbonyl (C=O) groups excluding carboxylic acids is 1. The monoisotopic (exact) mass is 613 g/mol. The highest BCUT2D eigenvalue weighted by molar-refractivity contribution is 6.04. The molecule has 0 unspecified atom stereocenters. The van der Waals surface area contributed by atoms with Crippen LogP contribution in [0.5, 0.6) is 0 Å². The molecule has 5 heteroatoms. The molecule has 0 radical (unpaired) electrons. The van der Waals surface area contributed by atoms with Crippen LogP contribution < -0.4 is 0 Å². The van der Waals surface area contributed by atoms with Crippen LogP contribution in [0.4, 0.5) is 0 Å². The number of hydrogen-bond acceptors (Lipinski definition) is 3. The molecular formula is C42H35N3O2. The average molecular weight is 614 g/mol. The van der Waals surface area contributed by atoms with Gasteiger partial charge in [0.15, 0.2) is 0 Å². The maximum atomic E-state index is 13.1. The topological polar surface area (TPSA) is 49.0 Å². The van der Waals surface area contributed by atoms with Crippen LogP contribution in [0.15, 0.2) is 164 Å². The zero-order valence-corrected chi connectivity index (χ0v) is 26.2. The number of benzene rings is 5. The largest absolute Gasteiger partial charge is 0.462 e. The lowest BCUT2D eigenvalue weighted by atomic mass is 9.77. The van der Waals surface area contributed by atoms with Crippen molar-refractivity contribution in [3.8, 4) is 11.1 Å². The highest BCUT2D eigenvalue weighted by atomic mass is 16.5. The Kier molecular flexibility index (Phi) is 8.35. The van der Waals surface area contributed by atoms with E-state index in [4.69, 9.17) is 9.72 Å². The van der Waals surface area contributed by atoms with Gasteiger partial charge in [-0.25, -0.2) is 9.78 Å². The van der Waals surface area contributed by atoms with Crippen molar-refractivity contribution < 1.29 is 9.53 Å². The van der Waals surface area contributed by atoms with Crippen LogP contribution in [0.3, 0.4) is 0 Å². The van der Waals surface area contributed by atoms with Gasteiger partial charge in [-0.3, -0.25) is 0 Å². The molecule has 0 saturated heterocycles. The van der Waals surface area contributed by atoms with E-state index in [9.17, 15) is 4.79 Å². The summed E-state index contributed by atoms with van der Waals surface area (Å²) in [7, 11) is 0. The standard InChI is InChI=1S/C42H35N3O2/c1-2-47-41(46)40-30-44(29-39(40)38-26-14-17-32-16-12-13-25-37(32)38)27-15-24-36-28-45(31-43-36)42(33-18-6-3-7-19-33,34-20-8-4-9-21-34)35-22-10-5-11-23-35/h3-26,28-31H,2,27H2,1H3/b24-15+. The number of carbonyl (C=O) groups is 1. The lowest BCUT2D eigenvalue weighted by molar-refractivity contribution is 0.0527. The van der Waals surface area contributed by atoms with Gasteiger partial charge in [-0.15, -0.1) is 0 Å². The minimum absolute atomic E-state index is 0.317. The first-order valence-corrected chi connectivity index (χ1v) is 15.9. The maximum absolute atomic E-state index is 13.1. The van der Waals surface area contributed by atoms with Gasteiger partial charge in [0.1, 0.15) is 5.54 Å². The number of ether oxygens (including phenoxy) is 1. The summed E-state index contributed by atoms with van der Waals surface area (Å²) in [4.78, 5) is 17.9. The van der Waals surface area contributed by atoms with Crippen LogP contribution in [0.2, 0.25) is 0 Å². The third kappa shape index (κ3) is 5.68. The molecule has 0 aliphatic heterocycles. The molecule has 0 aliphatic carbocycles. The molecule has 0 amide bonds. The smallest absolute Gasteiger partial charge is 0.340 e. The Morgan fingerprint density at radius 2 is 1.30 bits per heavy atom. The van der Waals surface area contributed by atoms with Crippen molar-refractivity contribution in [2.24, 2.45) is 0 Å². The molecule has 0 aliphatic rings. The highest BCUT2D eigenvalue weighted by Crippen LogP contribution is 2.41. The van der Waals surface area contributed by atoms with Crippen LogP contribution in [0, 0.1) is 0 Å². The molecule has 7 aromatic rings. The summed E-state index contributed by atoms with van der Waals surface area (Å²) < 4.78 is 9.69. The predicted molar refractivity (Wildman–Crippen MR) is 189 cm³/mol. The average Bonchev–Trinajstić information content (AvgIpc) is 3.78. The number of esters is 1. The first-order valence-electron chi connectivity index (χ1n) is 15.9. The Bertz CT molecular complexity index is 2040. The van der Waals surface area contributed by atoms with Crippen LogP contribution in [0.25, 0.3) is 28.0 Å². The van der Waals surface area contributed by atoms with E-state index in [1.807, 2.05) is 72.7 Å². The molecule has 47 heavy (non-hydrogen) atoms. The zero-order chi connectivity index (χ0) is 32.1. The van der Waals surface area contributed by atoms with Crippen molar-refractivity contribution in [2.75, 3.05) is 6.61 Å². The Morgan fingerprint density at radius 1 is 0.702 bits per heavy atom. The summed E-state index contributed by atoms with van der Waals surface area (Å²) in [5, 5.41) is 2.22. The quantitative estimate of drug-likeness (QED) is 0.114. The molecular weight excluding hydrogens is 578 g/mol. The first kappa shape index (κ1) is 29.8. The van der Waals surface area contributed by atoms with E-state index in [2.05, 4.69) is 114 Å². The first-order chi connectivity index (χ1) is 23.2. The molecule has 0 spiro atoms. The Balaban J connectivity index is 1.24. The van der Waals surface area contributed by atoms with Gasteiger partial charge in [0.25, 0.3) is 0 Å². The molecule has 230 valence electrons. The molecule has 0 bridgehead atoms. The van der Waals surface area contributed by atoms with Crippen molar-refractivity contribution in [3.63, 3.8) is 0 Å². The van der Waals surface area contributed by atoms with Crippen LogP contribution >= 0.6 is 0 Å². The second-order valence-corrected chi connectivity index (χ2v) is 11.4. The van der Waals surface area contributed by atoms with Crippen molar-refractivity contribution >= 4 is 22.8 Å². The van der Waals surface area contributed by atoms with Gasteiger partial charge in [-0.05, 0) is 46.0 Å². The summed E-state index contributed by atoms with van der Waals surface area (Å²) in [6.45, 7) is 2.71. The third-order valence-electron chi connectivity index (χ3n) is 8.62. The molecule has 5 aromatic carbocycles. The van der Waals surface area contributed by atoms with Gasteiger partial charge in [0.2, 0.25) is 0 Å². The van der Waals surface area contributed by atoms with Gasteiger partial charge in [-0.1, -0.05) is 140 Å². The summed E-state index contributed by atoms with van der Waals surface area (Å²) in [6.07, 6.45) is 12.0. The lowest BCUT2D eigenvalue weighted by Gasteiger charge is -2.37. The van der Waals surface area contributed by atoms with E-state index in [1.165, 1.54) is 0 Å². The van der Waals surface area contributed by atoms with E-state index in [0.717, 1.165) is 44.3 Å². The minimum Gasteiger partial charge on any atom is -0.462 e. The Hall–Kier alpha value is -5.94. The van der Waals surface area contributed by atoms with Crippen LogP contribution in [0.1, 0.15) is 39.7 Å². The second-order valence-electron chi connectivity index (χ2n) is 11.4. The van der Waals surface area contributed by atoms with E-state index >= 15 is 0 Å². The summed E-state index contributed by atoms with van der Waals surface area (Å²) in [5.74, 6) is -0.323. The number of imidazole rings is 1. The molecule has 7 rings (SSSR count). The number of hydrogen-bond donors (Lipinski definition) is 0. The molecule has 2 heterocycles. The number of fused-ring (bicyclic) bond motifs is 1.